The number of amides is 1. The number of benzene rings is 2. The number of ether oxygens (including phenoxy) is 2. The summed E-state index contributed by atoms with van der Waals surface area (Å²) in [5.41, 5.74) is 3.40. The van der Waals surface area contributed by atoms with Gasteiger partial charge in [-0.1, -0.05) is 26.8 Å². The van der Waals surface area contributed by atoms with Gasteiger partial charge in [0.05, 0.1) is 7.11 Å². The average Bonchev–Trinajstić information content (AvgIpc) is 2.88. The number of Topliss-reactive ketones (excluding diaryl/α,β-unsaturated/α-hetero) is 1. The first-order valence-corrected chi connectivity index (χ1v) is 11.6. The van der Waals surface area contributed by atoms with Gasteiger partial charge in [-0.2, -0.15) is 0 Å². The van der Waals surface area contributed by atoms with E-state index >= 15 is 0 Å². The van der Waals surface area contributed by atoms with Crippen LogP contribution in [0.5, 0.6) is 17.2 Å². The number of nitrogens with one attached hydrogen (secondary N) is 1. The van der Waals surface area contributed by atoms with Crippen LogP contribution in [-0.4, -0.2) is 23.8 Å². The highest BCUT2D eigenvalue weighted by molar-refractivity contribution is 5.98. The Morgan fingerprint density at radius 3 is 2.41 bits per heavy atom. The third-order valence-corrected chi connectivity index (χ3v) is 5.15. The molecular weight excluding hydrogens is 428 g/mol. The molecule has 0 fully saturated rings. The zero-order chi connectivity index (χ0) is 24.9. The first-order chi connectivity index (χ1) is 16.5. The van der Waals surface area contributed by atoms with E-state index in [2.05, 4.69) is 17.2 Å². The Balaban J connectivity index is 0.00000199. The third-order valence-electron chi connectivity index (χ3n) is 5.15. The fourth-order valence-corrected chi connectivity index (χ4v) is 3.32. The van der Waals surface area contributed by atoms with Gasteiger partial charge in [0.15, 0.2) is 5.78 Å². The third kappa shape index (κ3) is 7.73. The second kappa shape index (κ2) is 13.8. The van der Waals surface area contributed by atoms with Crippen molar-refractivity contribution in [2.24, 2.45) is 0 Å². The number of pyridine rings is 1. The van der Waals surface area contributed by atoms with Crippen LogP contribution in [0.25, 0.3) is 0 Å². The second-order valence-electron chi connectivity index (χ2n) is 7.47. The van der Waals surface area contributed by atoms with E-state index in [-0.39, 0.29) is 24.5 Å². The summed E-state index contributed by atoms with van der Waals surface area (Å²) in [5, 5.41) is 2.81. The largest absolute Gasteiger partial charge is 0.496 e. The molecule has 0 atom stereocenters. The van der Waals surface area contributed by atoms with Crippen LogP contribution in [0.3, 0.4) is 0 Å². The average molecular weight is 463 g/mol. The number of ketones is 1. The molecule has 6 nitrogen and oxygen atoms in total. The highest BCUT2D eigenvalue weighted by atomic mass is 16.5. The van der Waals surface area contributed by atoms with E-state index in [9.17, 15) is 9.59 Å². The standard InChI is InChI=1S/C26H28N2O4.C2H6/c1-4-20-15-22(8-11-25(20)31-3)32-24-10-7-21(14-18(24)2)23(29)9-12-26(30)28-17-19-6-5-13-27-16-19;1-2/h5-8,10-11,13-16H,4,9,12,17H2,1-3H3,(H,28,30);1-2H3. The van der Waals surface area contributed by atoms with E-state index in [4.69, 9.17) is 9.47 Å². The zero-order valence-corrected chi connectivity index (χ0v) is 20.7. The minimum atomic E-state index is -0.162. The molecule has 6 heteroatoms. The van der Waals surface area contributed by atoms with E-state index in [0.717, 1.165) is 34.6 Å². The van der Waals surface area contributed by atoms with Crippen molar-refractivity contribution in [2.75, 3.05) is 7.11 Å². The van der Waals surface area contributed by atoms with Crippen LogP contribution in [0.2, 0.25) is 0 Å². The van der Waals surface area contributed by atoms with Gasteiger partial charge in [-0.25, -0.2) is 0 Å². The number of methoxy groups -OCH3 is 1. The Morgan fingerprint density at radius 1 is 1.00 bits per heavy atom. The number of carbonyl (C=O) groups excluding carboxylic acids is 2. The molecule has 0 aliphatic carbocycles. The normalized spacial score (nSPS) is 10.0. The van der Waals surface area contributed by atoms with Gasteiger partial charge in [0.2, 0.25) is 5.91 Å². The van der Waals surface area contributed by atoms with Crippen LogP contribution in [0, 0.1) is 6.92 Å². The van der Waals surface area contributed by atoms with Gasteiger partial charge < -0.3 is 14.8 Å². The van der Waals surface area contributed by atoms with Gasteiger partial charge in [-0.05, 0) is 72.5 Å². The molecule has 2 aromatic carbocycles. The van der Waals surface area contributed by atoms with Crippen molar-refractivity contribution in [3.8, 4) is 17.2 Å². The maximum absolute atomic E-state index is 12.6. The number of rotatable bonds is 10. The predicted molar refractivity (Wildman–Crippen MR) is 135 cm³/mol. The number of aryl methyl sites for hydroxylation is 2. The van der Waals surface area contributed by atoms with Crippen molar-refractivity contribution in [3.05, 3.63) is 83.2 Å². The summed E-state index contributed by atoms with van der Waals surface area (Å²) < 4.78 is 11.4. The summed E-state index contributed by atoms with van der Waals surface area (Å²) in [4.78, 5) is 28.6. The lowest BCUT2D eigenvalue weighted by Crippen LogP contribution is -2.23. The number of hydrogen-bond donors (Lipinski definition) is 1. The molecule has 3 rings (SSSR count). The second-order valence-corrected chi connectivity index (χ2v) is 7.47. The van der Waals surface area contributed by atoms with Gasteiger partial charge in [-0.15, -0.1) is 0 Å². The van der Waals surface area contributed by atoms with Gasteiger partial charge in [-0.3, -0.25) is 14.6 Å². The van der Waals surface area contributed by atoms with E-state index < -0.39 is 0 Å². The van der Waals surface area contributed by atoms with Crippen molar-refractivity contribution in [3.63, 3.8) is 0 Å². The molecular formula is C28H34N2O4. The summed E-state index contributed by atoms with van der Waals surface area (Å²) in [6, 6.07) is 14.7. The molecule has 34 heavy (non-hydrogen) atoms. The molecule has 0 aliphatic heterocycles. The maximum atomic E-state index is 12.6. The van der Waals surface area contributed by atoms with E-state index in [0.29, 0.717) is 17.9 Å². The number of carbonyl (C=O) groups is 2. The van der Waals surface area contributed by atoms with Gasteiger partial charge >= 0.3 is 0 Å². The first-order valence-electron chi connectivity index (χ1n) is 11.6. The summed E-state index contributed by atoms with van der Waals surface area (Å²) in [6.45, 7) is 8.36. The van der Waals surface area contributed by atoms with Gasteiger partial charge in [0.25, 0.3) is 0 Å². The molecule has 1 amide bonds. The highest BCUT2D eigenvalue weighted by Gasteiger charge is 2.12. The Labute approximate surface area is 202 Å². The van der Waals surface area contributed by atoms with E-state index in [1.165, 1.54) is 0 Å². The summed E-state index contributed by atoms with van der Waals surface area (Å²) in [6.07, 6.45) is 4.51. The van der Waals surface area contributed by atoms with Gasteiger partial charge in [0, 0.05) is 37.3 Å². The quantitative estimate of drug-likeness (QED) is 0.371. The lowest BCUT2D eigenvalue weighted by molar-refractivity contribution is -0.121. The molecule has 0 unspecified atom stereocenters. The molecule has 0 saturated heterocycles. The number of nitrogens with zero attached hydrogens (tertiary/aromatic N) is 1. The molecule has 0 spiro atoms. The minimum absolute atomic E-state index is 0.0751. The molecule has 180 valence electrons. The van der Waals surface area contributed by atoms with Crippen molar-refractivity contribution < 1.29 is 19.1 Å². The van der Waals surface area contributed by atoms with Crippen LogP contribution in [0.1, 0.15) is 60.7 Å². The van der Waals surface area contributed by atoms with Crippen LogP contribution in [0.4, 0.5) is 0 Å². The smallest absolute Gasteiger partial charge is 0.220 e. The summed E-state index contributed by atoms with van der Waals surface area (Å²) in [5.74, 6) is 2.00. The molecule has 1 heterocycles. The fourth-order valence-electron chi connectivity index (χ4n) is 3.32. The SMILES string of the molecule is CC.CCc1cc(Oc2ccc(C(=O)CCC(=O)NCc3cccnc3)cc2C)ccc1OC. The summed E-state index contributed by atoms with van der Waals surface area (Å²) in [7, 11) is 1.65. The number of hydrogen-bond acceptors (Lipinski definition) is 5. The summed E-state index contributed by atoms with van der Waals surface area (Å²) >= 11 is 0. The molecule has 3 aromatic rings. The molecule has 0 aliphatic rings. The molecule has 0 bridgehead atoms. The Kier molecular flexibility index (Phi) is 10.8. The van der Waals surface area contributed by atoms with Gasteiger partial charge in [0.1, 0.15) is 17.2 Å². The van der Waals surface area contributed by atoms with Crippen molar-refractivity contribution in [1.82, 2.24) is 10.3 Å². The maximum Gasteiger partial charge on any atom is 0.220 e. The van der Waals surface area contributed by atoms with Crippen molar-refractivity contribution in [2.45, 2.75) is 53.5 Å². The molecule has 0 saturated carbocycles. The van der Waals surface area contributed by atoms with Crippen molar-refractivity contribution >= 4 is 11.7 Å². The zero-order valence-electron chi connectivity index (χ0n) is 20.7. The molecule has 1 aromatic heterocycles. The highest BCUT2D eigenvalue weighted by Crippen LogP contribution is 2.30. The van der Waals surface area contributed by atoms with Crippen LogP contribution in [0.15, 0.2) is 60.9 Å². The Bertz CT molecular complexity index is 1080. The molecule has 0 radical (unpaired) electrons. The van der Waals surface area contributed by atoms with Crippen LogP contribution < -0.4 is 14.8 Å². The Hall–Kier alpha value is -3.67. The monoisotopic (exact) mass is 462 g/mol. The fraction of sp³-hybridized carbons (Fsp3) is 0.321. The lowest BCUT2D eigenvalue weighted by Gasteiger charge is -2.13. The minimum Gasteiger partial charge on any atom is -0.496 e. The topological polar surface area (TPSA) is 77.5 Å². The van der Waals surface area contributed by atoms with E-state index in [1.807, 2.05) is 51.1 Å². The van der Waals surface area contributed by atoms with Crippen LogP contribution in [-0.2, 0) is 17.8 Å². The Morgan fingerprint density at radius 2 is 1.76 bits per heavy atom. The molecule has 1 N–H and O–H groups in total. The van der Waals surface area contributed by atoms with Crippen molar-refractivity contribution in [1.29, 1.82) is 0 Å². The number of aromatic nitrogens is 1. The predicted octanol–water partition coefficient (Wildman–Crippen LogP) is 6.06. The van der Waals surface area contributed by atoms with Crippen LogP contribution >= 0.6 is 0 Å². The lowest BCUT2D eigenvalue weighted by atomic mass is 10.0. The first kappa shape index (κ1) is 26.6. The van der Waals surface area contributed by atoms with E-state index in [1.54, 1.807) is 37.7 Å².